The second kappa shape index (κ2) is 5.82. The molecule has 0 spiro atoms. The lowest BCUT2D eigenvalue weighted by Crippen LogP contribution is -1.95. The molecular weight excluding hydrogens is 302 g/mol. The minimum atomic E-state index is 0.901. The van der Waals surface area contributed by atoms with Crippen molar-refractivity contribution in [2.75, 3.05) is 0 Å². The molecule has 0 saturated carbocycles. The summed E-state index contributed by atoms with van der Waals surface area (Å²) in [5.74, 6) is 0.901. The van der Waals surface area contributed by atoms with Gasteiger partial charge >= 0.3 is 0 Å². The van der Waals surface area contributed by atoms with Crippen molar-refractivity contribution in [2.24, 2.45) is 7.05 Å². The molecule has 0 aliphatic carbocycles. The molecule has 0 atom stereocenters. The van der Waals surface area contributed by atoms with Crippen molar-refractivity contribution in [2.45, 2.75) is 0 Å². The third-order valence-corrected chi connectivity index (χ3v) is 4.58. The Kier molecular flexibility index (Phi) is 3.52. The van der Waals surface area contributed by atoms with Gasteiger partial charge in [-0.1, -0.05) is 60.7 Å². The quantitative estimate of drug-likeness (QED) is 0.539. The highest BCUT2D eigenvalue weighted by Crippen LogP contribution is 2.35. The molecule has 4 rings (SSSR count). The Balaban J connectivity index is 1.99. The van der Waals surface area contributed by atoms with E-state index in [0.717, 1.165) is 33.3 Å². The monoisotopic (exact) mass is 317 g/mol. The van der Waals surface area contributed by atoms with E-state index in [9.17, 15) is 0 Å². The number of imidazole rings is 1. The summed E-state index contributed by atoms with van der Waals surface area (Å²) in [5.41, 5.74) is 4.38. The maximum atomic E-state index is 4.91. The highest BCUT2D eigenvalue weighted by atomic mass is 32.1. The number of benzene rings is 2. The summed E-state index contributed by atoms with van der Waals surface area (Å²) >= 11 is 1.61. The molecule has 0 amide bonds. The van der Waals surface area contributed by atoms with Crippen LogP contribution >= 0.6 is 11.3 Å². The Hall–Kier alpha value is -2.72. The first-order chi connectivity index (χ1) is 11.3. The second-order valence-electron chi connectivity index (χ2n) is 5.26. The van der Waals surface area contributed by atoms with Gasteiger partial charge in [0.1, 0.15) is 0 Å². The van der Waals surface area contributed by atoms with Crippen LogP contribution in [0.2, 0.25) is 0 Å². The maximum Gasteiger partial charge on any atom is 0.170 e. The van der Waals surface area contributed by atoms with Gasteiger partial charge in [0.25, 0.3) is 0 Å². The number of thiazole rings is 1. The zero-order valence-electron chi connectivity index (χ0n) is 12.7. The Morgan fingerprint density at radius 1 is 0.870 bits per heavy atom. The number of hydrogen-bond donors (Lipinski definition) is 0. The Morgan fingerprint density at radius 3 is 2.13 bits per heavy atom. The summed E-state index contributed by atoms with van der Waals surface area (Å²) in [5, 5.41) is 2.92. The number of rotatable bonds is 3. The third kappa shape index (κ3) is 2.47. The molecule has 2 heterocycles. The molecule has 112 valence electrons. The van der Waals surface area contributed by atoms with Gasteiger partial charge < -0.3 is 4.57 Å². The van der Waals surface area contributed by atoms with Gasteiger partial charge in [0.05, 0.1) is 11.4 Å². The fourth-order valence-corrected chi connectivity index (χ4v) is 3.41. The van der Waals surface area contributed by atoms with Crippen LogP contribution in [0.5, 0.6) is 0 Å². The topological polar surface area (TPSA) is 30.7 Å². The lowest BCUT2D eigenvalue weighted by atomic mass is 10.1. The highest BCUT2D eigenvalue weighted by Gasteiger charge is 2.19. The minimum absolute atomic E-state index is 0.901. The van der Waals surface area contributed by atoms with Gasteiger partial charge in [0.15, 0.2) is 10.8 Å². The Labute approximate surface area is 138 Å². The Bertz CT molecular complexity index is 910. The molecule has 0 aliphatic rings. The van der Waals surface area contributed by atoms with Gasteiger partial charge in [0, 0.05) is 29.8 Å². The van der Waals surface area contributed by atoms with Crippen LogP contribution in [0.25, 0.3) is 33.3 Å². The van der Waals surface area contributed by atoms with Crippen molar-refractivity contribution in [1.82, 2.24) is 14.5 Å². The molecule has 0 fully saturated rings. The van der Waals surface area contributed by atoms with E-state index in [-0.39, 0.29) is 0 Å². The molecule has 2 aromatic carbocycles. The van der Waals surface area contributed by atoms with Crippen molar-refractivity contribution in [3.05, 3.63) is 72.2 Å². The largest absolute Gasteiger partial charge is 0.325 e. The van der Waals surface area contributed by atoms with Gasteiger partial charge in [-0.3, -0.25) is 0 Å². The summed E-state index contributed by atoms with van der Waals surface area (Å²) in [6.45, 7) is 0. The summed E-state index contributed by atoms with van der Waals surface area (Å²) in [7, 11) is 2.05. The molecule has 0 saturated heterocycles. The summed E-state index contributed by atoms with van der Waals surface area (Å²) in [4.78, 5) is 9.33. The molecule has 0 aliphatic heterocycles. The van der Waals surface area contributed by atoms with E-state index >= 15 is 0 Å². The van der Waals surface area contributed by atoms with Crippen molar-refractivity contribution in [1.29, 1.82) is 0 Å². The SMILES string of the molecule is Cn1c(-c2nccs2)nc(-c2ccccc2)c1-c1ccccc1. The van der Waals surface area contributed by atoms with Gasteiger partial charge in [0.2, 0.25) is 0 Å². The average Bonchev–Trinajstić information content (AvgIpc) is 3.24. The first kappa shape index (κ1) is 13.9. The summed E-state index contributed by atoms with van der Waals surface area (Å²) in [6, 6.07) is 20.7. The lowest BCUT2D eigenvalue weighted by Gasteiger charge is -2.07. The van der Waals surface area contributed by atoms with Gasteiger partial charge in [-0.15, -0.1) is 11.3 Å². The molecule has 0 radical (unpaired) electrons. The Morgan fingerprint density at radius 2 is 1.52 bits per heavy atom. The molecular formula is C19H15N3S. The van der Waals surface area contributed by atoms with Crippen molar-refractivity contribution < 1.29 is 0 Å². The first-order valence-corrected chi connectivity index (χ1v) is 8.30. The molecule has 4 heteroatoms. The van der Waals surface area contributed by atoms with Crippen LogP contribution < -0.4 is 0 Å². The van der Waals surface area contributed by atoms with Crippen LogP contribution in [0.4, 0.5) is 0 Å². The van der Waals surface area contributed by atoms with E-state index in [1.54, 1.807) is 11.3 Å². The van der Waals surface area contributed by atoms with Gasteiger partial charge in [-0.05, 0) is 0 Å². The van der Waals surface area contributed by atoms with E-state index in [0.29, 0.717) is 0 Å². The zero-order valence-corrected chi connectivity index (χ0v) is 13.5. The van der Waals surface area contributed by atoms with E-state index < -0.39 is 0 Å². The molecule has 4 aromatic rings. The molecule has 2 aromatic heterocycles. The van der Waals surface area contributed by atoms with Crippen LogP contribution in [0.1, 0.15) is 0 Å². The first-order valence-electron chi connectivity index (χ1n) is 7.42. The van der Waals surface area contributed by atoms with E-state index in [1.807, 2.05) is 35.8 Å². The van der Waals surface area contributed by atoms with E-state index in [2.05, 4.69) is 53.0 Å². The van der Waals surface area contributed by atoms with Crippen LogP contribution in [0, 0.1) is 0 Å². The van der Waals surface area contributed by atoms with E-state index in [4.69, 9.17) is 4.98 Å². The summed E-state index contributed by atoms with van der Waals surface area (Å²) < 4.78 is 2.14. The third-order valence-electron chi connectivity index (χ3n) is 3.81. The van der Waals surface area contributed by atoms with E-state index in [1.165, 1.54) is 0 Å². The lowest BCUT2D eigenvalue weighted by molar-refractivity contribution is 0.930. The van der Waals surface area contributed by atoms with Crippen LogP contribution in [-0.4, -0.2) is 14.5 Å². The van der Waals surface area contributed by atoms with Gasteiger partial charge in [-0.25, -0.2) is 9.97 Å². The molecule has 0 N–H and O–H groups in total. The van der Waals surface area contributed by atoms with Gasteiger partial charge in [-0.2, -0.15) is 0 Å². The zero-order chi connectivity index (χ0) is 15.6. The highest BCUT2D eigenvalue weighted by molar-refractivity contribution is 7.13. The summed E-state index contributed by atoms with van der Waals surface area (Å²) in [6.07, 6.45) is 1.82. The number of hydrogen-bond acceptors (Lipinski definition) is 3. The number of aromatic nitrogens is 3. The normalized spacial score (nSPS) is 10.8. The predicted octanol–water partition coefficient (Wildman–Crippen LogP) is 4.88. The van der Waals surface area contributed by atoms with Crippen LogP contribution in [0.3, 0.4) is 0 Å². The van der Waals surface area contributed by atoms with Crippen LogP contribution in [0.15, 0.2) is 72.2 Å². The second-order valence-corrected chi connectivity index (χ2v) is 6.16. The molecule has 0 unspecified atom stereocenters. The minimum Gasteiger partial charge on any atom is -0.325 e. The molecule has 23 heavy (non-hydrogen) atoms. The predicted molar refractivity (Wildman–Crippen MR) is 95.2 cm³/mol. The standard InChI is InChI=1S/C19H15N3S/c1-22-17(15-10-6-3-7-11-15)16(14-8-4-2-5-9-14)21-18(22)19-20-12-13-23-19/h2-13H,1H3. The molecule has 3 nitrogen and oxygen atoms in total. The fraction of sp³-hybridized carbons (Fsp3) is 0.0526. The average molecular weight is 317 g/mol. The van der Waals surface area contributed by atoms with Crippen molar-refractivity contribution >= 4 is 11.3 Å². The van der Waals surface area contributed by atoms with Crippen LogP contribution in [-0.2, 0) is 7.05 Å². The van der Waals surface area contributed by atoms with Crippen molar-refractivity contribution in [3.63, 3.8) is 0 Å². The smallest absolute Gasteiger partial charge is 0.170 e. The fourth-order valence-electron chi connectivity index (χ4n) is 2.75. The number of nitrogens with zero attached hydrogens (tertiary/aromatic N) is 3. The maximum absolute atomic E-state index is 4.91. The molecule has 0 bridgehead atoms. The van der Waals surface area contributed by atoms with Crippen molar-refractivity contribution in [3.8, 4) is 33.3 Å².